The lowest BCUT2D eigenvalue weighted by molar-refractivity contribution is 0.392. The van der Waals surface area contributed by atoms with E-state index in [-0.39, 0.29) is 10.9 Å². The minimum absolute atomic E-state index is 0.0441. The van der Waals surface area contributed by atoms with Crippen molar-refractivity contribution in [3.63, 3.8) is 0 Å². The van der Waals surface area contributed by atoms with Crippen LogP contribution in [0.1, 0.15) is 0 Å². The first kappa shape index (κ1) is 11.7. The van der Waals surface area contributed by atoms with Gasteiger partial charge in [0.05, 0.1) is 19.9 Å². The summed E-state index contributed by atoms with van der Waals surface area (Å²) in [5.41, 5.74) is 0.512. The molecule has 1 aliphatic heterocycles. The lowest BCUT2D eigenvalue weighted by atomic mass is 10.3. The molecule has 0 N–H and O–H groups in total. The maximum atomic E-state index is 11.9. The smallest absolute Gasteiger partial charge is 0.307 e. The molecule has 0 saturated carbocycles. The normalized spacial score (nSPS) is 17.1. The van der Waals surface area contributed by atoms with E-state index in [1.54, 1.807) is 24.1 Å². The molecule has 1 aromatic carbocycles. The maximum Gasteiger partial charge on any atom is 0.307 e. The molecule has 0 fully saturated rings. The molecule has 0 amide bonds. The lowest BCUT2D eigenvalue weighted by Gasteiger charge is -2.25. The quantitative estimate of drug-likeness (QED) is 0.744. The molecule has 7 heteroatoms. The summed E-state index contributed by atoms with van der Waals surface area (Å²) >= 11 is 0. The molecule has 0 unspecified atom stereocenters. The van der Waals surface area contributed by atoms with Crippen LogP contribution >= 0.6 is 0 Å². The molecule has 6 nitrogen and oxygen atoms in total. The van der Waals surface area contributed by atoms with Crippen LogP contribution in [0.4, 0.5) is 5.69 Å². The van der Waals surface area contributed by atoms with Crippen LogP contribution in [0.15, 0.2) is 27.5 Å². The monoisotopic (exact) mass is 256 g/mol. The third-order valence-corrected chi connectivity index (χ3v) is 3.75. The Kier molecular flexibility index (Phi) is 2.70. The zero-order chi connectivity index (χ0) is 12.6. The first-order chi connectivity index (χ1) is 7.99. The molecule has 2 rings (SSSR count). The number of anilines is 1. The molecule has 0 bridgehead atoms. The molecule has 0 saturated heterocycles. The van der Waals surface area contributed by atoms with E-state index in [0.717, 1.165) is 0 Å². The Labute approximate surface area is 99.5 Å². The summed E-state index contributed by atoms with van der Waals surface area (Å²) in [6.07, 6.45) is 0. The van der Waals surface area contributed by atoms with Gasteiger partial charge >= 0.3 is 6.02 Å². The maximum absolute atomic E-state index is 11.9. The Bertz CT molecular complexity index is 580. The van der Waals surface area contributed by atoms with Crippen molar-refractivity contribution in [2.45, 2.75) is 4.90 Å². The molecule has 17 heavy (non-hydrogen) atoms. The standard InChI is InChI=1S/C10H12N2O4S/c1-12-8-5-4-7(15-2)6-9(8)17(13,14)11-10(12)16-3/h4-6H,1-3H3. The van der Waals surface area contributed by atoms with E-state index < -0.39 is 10.0 Å². The van der Waals surface area contributed by atoms with Gasteiger partial charge in [-0.05, 0) is 12.1 Å². The average Bonchev–Trinajstić information content (AvgIpc) is 2.33. The van der Waals surface area contributed by atoms with Crippen LogP contribution in [0.2, 0.25) is 0 Å². The number of sulfonamides is 1. The van der Waals surface area contributed by atoms with E-state index in [9.17, 15) is 8.42 Å². The topological polar surface area (TPSA) is 68.2 Å². The van der Waals surface area contributed by atoms with Crippen molar-refractivity contribution in [2.24, 2.45) is 4.40 Å². The summed E-state index contributed by atoms with van der Waals surface area (Å²) in [5, 5.41) is 0. The van der Waals surface area contributed by atoms with Gasteiger partial charge in [0.1, 0.15) is 10.6 Å². The van der Waals surface area contributed by atoms with Crippen LogP contribution in [0.5, 0.6) is 5.75 Å². The second-order valence-corrected chi connectivity index (χ2v) is 5.02. The predicted molar refractivity (Wildman–Crippen MR) is 63.0 cm³/mol. The Hall–Kier alpha value is -1.76. The Morgan fingerprint density at radius 1 is 1.24 bits per heavy atom. The second kappa shape index (κ2) is 3.92. The van der Waals surface area contributed by atoms with Gasteiger partial charge in [-0.15, -0.1) is 4.40 Å². The minimum atomic E-state index is -3.73. The number of ether oxygens (including phenoxy) is 2. The number of amidine groups is 1. The van der Waals surface area contributed by atoms with Crippen LogP contribution in [0, 0.1) is 0 Å². The first-order valence-electron chi connectivity index (χ1n) is 4.80. The van der Waals surface area contributed by atoms with Crippen LogP contribution in [0.3, 0.4) is 0 Å². The molecule has 0 spiro atoms. The number of hydrogen-bond donors (Lipinski definition) is 0. The Balaban J connectivity index is 2.67. The first-order valence-corrected chi connectivity index (χ1v) is 6.24. The number of nitrogens with zero attached hydrogens (tertiary/aromatic N) is 2. The number of hydrogen-bond acceptors (Lipinski definition) is 5. The van der Waals surface area contributed by atoms with Gasteiger partial charge in [-0.1, -0.05) is 0 Å². The van der Waals surface area contributed by atoms with Gasteiger partial charge in [0.15, 0.2) is 0 Å². The van der Waals surface area contributed by atoms with Gasteiger partial charge in [-0.2, -0.15) is 8.42 Å². The summed E-state index contributed by atoms with van der Waals surface area (Å²) < 4.78 is 37.3. The molecular formula is C10H12N2O4S. The second-order valence-electron chi connectivity index (χ2n) is 3.45. The summed E-state index contributed by atoms with van der Waals surface area (Å²) in [6, 6.07) is 4.82. The van der Waals surface area contributed by atoms with Crippen molar-refractivity contribution >= 4 is 21.7 Å². The summed E-state index contributed by atoms with van der Waals surface area (Å²) in [7, 11) is 0.807. The highest BCUT2D eigenvalue weighted by Gasteiger charge is 2.29. The Morgan fingerprint density at radius 3 is 2.53 bits per heavy atom. The fourth-order valence-corrected chi connectivity index (χ4v) is 2.83. The van der Waals surface area contributed by atoms with E-state index in [1.807, 2.05) is 0 Å². The minimum Gasteiger partial charge on any atom is -0.497 e. The van der Waals surface area contributed by atoms with Gasteiger partial charge in [0.25, 0.3) is 10.0 Å². The van der Waals surface area contributed by atoms with Gasteiger partial charge in [-0.3, -0.25) is 4.90 Å². The Morgan fingerprint density at radius 2 is 1.94 bits per heavy atom. The summed E-state index contributed by atoms with van der Waals surface area (Å²) in [6.45, 7) is 0. The van der Waals surface area contributed by atoms with Gasteiger partial charge in [0.2, 0.25) is 0 Å². The van der Waals surface area contributed by atoms with E-state index >= 15 is 0 Å². The fraction of sp³-hybridized carbons (Fsp3) is 0.300. The van der Waals surface area contributed by atoms with E-state index in [1.165, 1.54) is 20.3 Å². The highest BCUT2D eigenvalue weighted by atomic mass is 32.2. The molecular weight excluding hydrogens is 244 g/mol. The van der Waals surface area contributed by atoms with Gasteiger partial charge < -0.3 is 9.47 Å². The molecule has 1 heterocycles. The van der Waals surface area contributed by atoms with E-state index in [4.69, 9.17) is 9.47 Å². The molecule has 0 atom stereocenters. The van der Waals surface area contributed by atoms with Crippen molar-refractivity contribution in [2.75, 3.05) is 26.2 Å². The molecule has 1 aromatic rings. The van der Waals surface area contributed by atoms with Gasteiger partial charge in [0, 0.05) is 13.1 Å². The predicted octanol–water partition coefficient (Wildman–Crippen LogP) is 0.836. The summed E-state index contributed by atoms with van der Waals surface area (Å²) in [4.78, 5) is 1.68. The van der Waals surface area contributed by atoms with Crippen molar-refractivity contribution < 1.29 is 17.9 Å². The van der Waals surface area contributed by atoms with Crippen LogP contribution in [0.25, 0.3) is 0 Å². The fourth-order valence-electron chi connectivity index (χ4n) is 1.60. The summed E-state index contributed by atoms with van der Waals surface area (Å²) in [5.74, 6) is 0.469. The third-order valence-electron chi connectivity index (χ3n) is 2.47. The third kappa shape index (κ3) is 1.82. The largest absolute Gasteiger partial charge is 0.497 e. The molecule has 0 aliphatic carbocycles. The number of benzene rings is 1. The zero-order valence-electron chi connectivity index (χ0n) is 9.67. The van der Waals surface area contributed by atoms with Crippen molar-refractivity contribution in [1.82, 2.24) is 0 Å². The van der Waals surface area contributed by atoms with Crippen LogP contribution in [-0.4, -0.2) is 35.7 Å². The number of fused-ring (bicyclic) bond motifs is 1. The van der Waals surface area contributed by atoms with E-state index in [2.05, 4.69) is 4.40 Å². The SMILES string of the molecule is COC1=NS(=O)(=O)c2cc(OC)ccc2N1C. The average molecular weight is 256 g/mol. The van der Waals surface area contributed by atoms with Crippen molar-refractivity contribution in [3.8, 4) is 5.75 Å². The number of rotatable bonds is 1. The van der Waals surface area contributed by atoms with Crippen molar-refractivity contribution in [1.29, 1.82) is 0 Å². The van der Waals surface area contributed by atoms with Crippen LogP contribution in [-0.2, 0) is 14.8 Å². The molecule has 0 aromatic heterocycles. The highest BCUT2D eigenvalue weighted by Crippen LogP contribution is 2.33. The van der Waals surface area contributed by atoms with E-state index in [0.29, 0.717) is 11.4 Å². The highest BCUT2D eigenvalue weighted by molar-refractivity contribution is 7.90. The molecule has 92 valence electrons. The molecule has 0 radical (unpaired) electrons. The lowest BCUT2D eigenvalue weighted by Crippen LogP contribution is -2.33. The van der Waals surface area contributed by atoms with Crippen LogP contribution < -0.4 is 9.64 Å². The van der Waals surface area contributed by atoms with Crippen molar-refractivity contribution in [3.05, 3.63) is 18.2 Å². The number of methoxy groups -OCH3 is 2. The molecule has 1 aliphatic rings. The zero-order valence-corrected chi connectivity index (χ0v) is 10.5. The van der Waals surface area contributed by atoms with Gasteiger partial charge in [-0.25, -0.2) is 0 Å².